The minimum absolute atomic E-state index is 0.550. The Morgan fingerprint density at radius 1 is 1.50 bits per heavy atom. The third-order valence-corrected chi connectivity index (χ3v) is 2.63. The van der Waals surface area contributed by atoms with Gasteiger partial charge in [-0.25, -0.2) is 4.98 Å². The fourth-order valence-electron chi connectivity index (χ4n) is 1.22. The van der Waals surface area contributed by atoms with E-state index >= 15 is 0 Å². The third kappa shape index (κ3) is 1.04. The molecule has 0 bridgehead atoms. The number of rotatable bonds is 0. The number of aryl methyl sites for hydroxylation is 1. The molecule has 0 saturated heterocycles. The maximum Gasteiger partial charge on any atom is 0.155 e. The first-order valence-corrected chi connectivity index (χ1v) is 4.66. The zero-order chi connectivity index (χ0) is 8.72. The smallest absolute Gasteiger partial charge is 0.155 e. The molecule has 2 nitrogen and oxygen atoms in total. The molecule has 12 heavy (non-hydrogen) atoms. The van der Waals surface area contributed by atoms with E-state index in [0.717, 1.165) is 15.9 Å². The van der Waals surface area contributed by atoms with Gasteiger partial charge in [0, 0.05) is 0 Å². The molecule has 62 valence electrons. The number of fused-ring (bicyclic) bond motifs is 1. The summed E-state index contributed by atoms with van der Waals surface area (Å²) in [6.45, 7) is 1.92. The summed E-state index contributed by atoms with van der Waals surface area (Å²) < 4.78 is 2.93. The quantitative estimate of drug-likeness (QED) is 0.652. The summed E-state index contributed by atoms with van der Waals surface area (Å²) in [5, 5.41) is 0.550. The van der Waals surface area contributed by atoms with Crippen molar-refractivity contribution in [2.24, 2.45) is 0 Å². The Kier molecular flexibility index (Phi) is 1.85. The van der Waals surface area contributed by atoms with E-state index in [1.807, 2.05) is 29.5 Å². The highest BCUT2D eigenvalue weighted by molar-refractivity contribution is 9.10. The minimum atomic E-state index is 0.550. The number of halogens is 2. The molecule has 2 aromatic heterocycles. The molecule has 0 unspecified atom stereocenters. The fraction of sp³-hybridized carbons (Fsp3) is 0.125. The number of imidazole rings is 1. The van der Waals surface area contributed by atoms with Gasteiger partial charge >= 0.3 is 0 Å². The van der Waals surface area contributed by atoms with Gasteiger partial charge in [-0.05, 0) is 35.0 Å². The monoisotopic (exact) mass is 244 g/mol. The van der Waals surface area contributed by atoms with Crippen LogP contribution in [0.1, 0.15) is 5.82 Å². The lowest BCUT2D eigenvalue weighted by atomic mass is 10.4. The molecule has 0 aliphatic carbocycles. The van der Waals surface area contributed by atoms with Gasteiger partial charge in [0.2, 0.25) is 0 Å². The van der Waals surface area contributed by atoms with Crippen LogP contribution in [0.5, 0.6) is 0 Å². The zero-order valence-corrected chi connectivity index (χ0v) is 8.72. The van der Waals surface area contributed by atoms with E-state index < -0.39 is 0 Å². The van der Waals surface area contributed by atoms with Crippen molar-refractivity contribution in [3.8, 4) is 0 Å². The SMILES string of the molecule is Cc1nc(Cl)c2cccc(Br)n12. The van der Waals surface area contributed by atoms with Crippen LogP contribution < -0.4 is 0 Å². The highest BCUT2D eigenvalue weighted by Crippen LogP contribution is 2.22. The highest BCUT2D eigenvalue weighted by atomic mass is 79.9. The van der Waals surface area contributed by atoms with E-state index in [9.17, 15) is 0 Å². The Morgan fingerprint density at radius 2 is 2.25 bits per heavy atom. The van der Waals surface area contributed by atoms with Crippen LogP contribution in [0.3, 0.4) is 0 Å². The van der Waals surface area contributed by atoms with Crippen molar-refractivity contribution < 1.29 is 0 Å². The summed E-state index contributed by atoms with van der Waals surface area (Å²) in [4.78, 5) is 4.15. The molecule has 0 N–H and O–H groups in total. The molecule has 0 fully saturated rings. The molecule has 0 aliphatic heterocycles. The van der Waals surface area contributed by atoms with Gasteiger partial charge in [-0.3, -0.25) is 4.40 Å². The molecule has 2 heterocycles. The van der Waals surface area contributed by atoms with E-state index in [2.05, 4.69) is 20.9 Å². The van der Waals surface area contributed by atoms with E-state index in [4.69, 9.17) is 11.6 Å². The van der Waals surface area contributed by atoms with Crippen molar-refractivity contribution in [2.75, 3.05) is 0 Å². The first kappa shape index (κ1) is 8.08. The summed E-state index contributed by atoms with van der Waals surface area (Å²) in [7, 11) is 0. The van der Waals surface area contributed by atoms with E-state index in [1.165, 1.54) is 0 Å². The van der Waals surface area contributed by atoms with Crippen LogP contribution in [0, 0.1) is 6.92 Å². The Morgan fingerprint density at radius 3 is 2.92 bits per heavy atom. The topological polar surface area (TPSA) is 17.3 Å². The fourth-order valence-corrected chi connectivity index (χ4v) is 2.09. The van der Waals surface area contributed by atoms with Crippen molar-refractivity contribution in [2.45, 2.75) is 6.92 Å². The molecule has 4 heteroatoms. The van der Waals surface area contributed by atoms with Crippen molar-refractivity contribution in [3.05, 3.63) is 33.8 Å². The van der Waals surface area contributed by atoms with E-state index in [-0.39, 0.29) is 0 Å². The number of pyridine rings is 1. The van der Waals surface area contributed by atoms with E-state index in [1.54, 1.807) is 0 Å². The lowest BCUT2D eigenvalue weighted by molar-refractivity contribution is 1.02. The van der Waals surface area contributed by atoms with Crippen LogP contribution in [0.2, 0.25) is 5.15 Å². The van der Waals surface area contributed by atoms with Gasteiger partial charge in [0.25, 0.3) is 0 Å². The van der Waals surface area contributed by atoms with Gasteiger partial charge < -0.3 is 0 Å². The lowest BCUT2D eigenvalue weighted by Gasteiger charge is -1.98. The summed E-state index contributed by atoms with van der Waals surface area (Å²) in [6, 6.07) is 5.83. The van der Waals surface area contributed by atoms with E-state index in [0.29, 0.717) is 5.15 Å². The standard InChI is InChI=1S/C8H6BrClN2/c1-5-11-8(10)6-3-2-4-7(9)12(5)6/h2-4H,1H3. The Bertz CT molecular complexity index is 436. The summed E-state index contributed by atoms with van der Waals surface area (Å²) >= 11 is 9.32. The average molecular weight is 246 g/mol. The first-order chi connectivity index (χ1) is 5.70. The number of nitrogens with zero attached hydrogens (tertiary/aromatic N) is 2. The van der Waals surface area contributed by atoms with Crippen LogP contribution >= 0.6 is 27.5 Å². The second-order valence-corrected chi connectivity index (χ2v) is 3.69. The predicted molar refractivity (Wildman–Crippen MR) is 52.6 cm³/mol. The average Bonchev–Trinajstić information content (AvgIpc) is 2.29. The molecule has 0 amide bonds. The molecule has 0 spiro atoms. The zero-order valence-electron chi connectivity index (χ0n) is 6.38. The molecular formula is C8H6BrClN2. The number of hydrogen-bond donors (Lipinski definition) is 0. The second kappa shape index (κ2) is 2.75. The van der Waals surface area contributed by atoms with Gasteiger partial charge in [-0.15, -0.1) is 0 Å². The maximum absolute atomic E-state index is 5.90. The highest BCUT2D eigenvalue weighted by Gasteiger charge is 2.06. The Labute approximate surface area is 83.3 Å². The largest absolute Gasteiger partial charge is 0.289 e. The normalized spacial score (nSPS) is 10.9. The molecule has 0 aromatic carbocycles. The van der Waals surface area contributed by atoms with Crippen LogP contribution in [-0.4, -0.2) is 9.38 Å². The van der Waals surface area contributed by atoms with Gasteiger partial charge in [0.15, 0.2) is 5.15 Å². The summed E-state index contributed by atoms with van der Waals surface area (Å²) in [5.74, 6) is 0.891. The molecule has 0 radical (unpaired) electrons. The Hall–Kier alpha value is -0.540. The minimum Gasteiger partial charge on any atom is -0.289 e. The predicted octanol–water partition coefficient (Wildman–Crippen LogP) is 3.06. The van der Waals surface area contributed by atoms with Crippen LogP contribution in [0.25, 0.3) is 5.52 Å². The Balaban J connectivity index is 2.99. The van der Waals surface area contributed by atoms with Crippen molar-refractivity contribution in [3.63, 3.8) is 0 Å². The summed E-state index contributed by atoms with van der Waals surface area (Å²) in [5.41, 5.74) is 0.934. The lowest BCUT2D eigenvalue weighted by Crippen LogP contribution is -1.88. The summed E-state index contributed by atoms with van der Waals surface area (Å²) in [6.07, 6.45) is 0. The maximum atomic E-state index is 5.90. The van der Waals surface area contributed by atoms with Crippen molar-refractivity contribution in [1.82, 2.24) is 9.38 Å². The van der Waals surface area contributed by atoms with Gasteiger partial charge in [0.05, 0.1) is 10.1 Å². The molecule has 0 atom stereocenters. The second-order valence-electron chi connectivity index (χ2n) is 2.52. The first-order valence-electron chi connectivity index (χ1n) is 3.49. The molecule has 0 saturated carbocycles. The molecular weight excluding hydrogens is 239 g/mol. The number of aromatic nitrogens is 2. The molecule has 2 rings (SSSR count). The third-order valence-electron chi connectivity index (χ3n) is 1.74. The van der Waals surface area contributed by atoms with Crippen molar-refractivity contribution in [1.29, 1.82) is 0 Å². The molecule has 0 aliphatic rings. The van der Waals surface area contributed by atoms with Gasteiger partial charge in [-0.1, -0.05) is 17.7 Å². The number of hydrogen-bond acceptors (Lipinski definition) is 1. The van der Waals surface area contributed by atoms with Gasteiger partial charge in [-0.2, -0.15) is 0 Å². The van der Waals surface area contributed by atoms with Crippen LogP contribution in [0.4, 0.5) is 0 Å². The van der Waals surface area contributed by atoms with Crippen molar-refractivity contribution >= 4 is 33.0 Å². The van der Waals surface area contributed by atoms with Crippen LogP contribution in [-0.2, 0) is 0 Å². The van der Waals surface area contributed by atoms with Gasteiger partial charge in [0.1, 0.15) is 5.82 Å². The van der Waals surface area contributed by atoms with Crippen LogP contribution in [0.15, 0.2) is 22.8 Å². The molecule has 2 aromatic rings.